The Bertz CT molecular complexity index is 309. The molecule has 0 aliphatic rings. The summed E-state index contributed by atoms with van der Waals surface area (Å²) in [6, 6.07) is 7.62. The molecule has 0 saturated heterocycles. The van der Waals surface area contributed by atoms with E-state index in [4.69, 9.17) is 11.0 Å². The SMILES string of the molecule is Cl.N#CC[C@H](N)c1ccccc1F. The van der Waals surface area contributed by atoms with Crippen molar-refractivity contribution in [1.29, 1.82) is 5.26 Å². The van der Waals surface area contributed by atoms with E-state index >= 15 is 0 Å². The highest BCUT2D eigenvalue weighted by Gasteiger charge is 2.08. The molecule has 0 bridgehead atoms. The lowest BCUT2D eigenvalue weighted by molar-refractivity contribution is 0.585. The van der Waals surface area contributed by atoms with Gasteiger partial charge in [0.2, 0.25) is 0 Å². The van der Waals surface area contributed by atoms with Crippen LogP contribution in [-0.4, -0.2) is 0 Å². The van der Waals surface area contributed by atoms with Crippen LogP contribution in [0.3, 0.4) is 0 Å². The van der Waals surface area contributed by atoms with Crippen molar-refractivity contribution in [2.24, 2.45) is 5.73 Å². The third-order valence-electron chi connectivity index (χ3n) is 1.62. The van der Waals surface area contributed by atoms with Crippen LogP contribution in [0.1, 0.15) is 18.0 Å². The first-order valence-electron chi connectivity index (χ1n) is 3.62. The van der Waals surface area contributed by atoms with Crippen LogP contribution in [0.4, 0.5) is 4.39 Å². The maximum atomic E-state index is 13.0. The summed E-state index contributed by atoms with van der Waals surface area (Å²) in [5.74, 6) is -0.347. The van der Waals surface area contributed by atoms with E-state index in [1.54, 1.807) is 18.2 Å². The average Bonchev–Trinajstić information content (AvgIpc) is 2.05. The van der Waals surface area contributed by atoms with E-state index in [9.17, 15) is 4.39 Å². The van der Waals surface area contributed by atoms with E-state index in [0.717, 1.165) is 0 Å². The second-order valence-corrected chi connectivity index (χ2v) is 2.49. The van der Waals surface area contributed by atoms with Gasteiger partial charge in [0.15, 0.2) is 0 Å². The normalized spacial score (nSPS) is 11.2. The molecule has 0 radical (unpaired) electrons. The van der Waals surface area contributed by atoms with Gasteiger partial charge in [-0.15, -0.1) is 12.4 Å². The van der Waals surface area contributed by atoms with E-state index in [-0.39, 0.29) is 24.6 Å². The van der Waals surface area contributed by atoms with Crippen molar-refractivity contribution in [2.45, 2.75) is 12.5 Å². The van der Waals surface area contributed by atoms with Gasteiger partial charge >= 0.3 is 0 Å². The van der Waals surface area contributed by atoms with E-state index in [0.29, 0.717) is 5.56 Å². The molecule has 0 aliphatic heterocycles. The maximum Gasteiger partial charge on any atom is 0.128 e. The molecule has 13 heavy (non-hydrogen) atoms. The average molecular weight is 201 g/mol. The summed E-state index contributed by atoms with van der Waals surface area (Å²) in [6.07, 6.45) is 0.140. The molecular weight excluding hydrogens is 191 g/mol. The van der Waals surface area contributed by atoms with Gasteiger partial charge < -0.3 is 5.73 Å². The van der Waals surface area contributed by atoms with Crippen LogP contribution in [0.5, 0.6) is 0 Å². The second-order valence-electron chi connectivity index (χ2n) is 2.49. The fraction of sp³-hybridized carbons (Fsp3) is 0.222. The molecule has 1 aromatic carbocycles. The molecule has 0 saturated carbocycles. The molecule has 1 rings (SSSR count). The number of hydrogen-bond donors (Lipinski definition) is 1. The van der Waals surface area contributed by atoms with E-state index in [1.807, 2.05) is 6.07 Å². The Kier molecular flexibility index (Phi) is 5.05. The molecular formula is C9H10ClFN2. The highest BCUT2D eigenvalue weighted by Crippen LogP contribution is 2.16. The van der Waals surface area contributed by atoms with Crippen LogP contribution < -0.4 is 5.73 Å². The summed E-state index contributed by atoms with van der Waals surface area (Å²) in [7, 11) is 0. The smallest absolute Gasteiger partial charge is 0.128 e. The van der Waals surface area contributed by atoms with Crippen LogP contribution in [0.2, 0.25) is 0 Å². The van der Waals surface area contributed by atoms with Crippen LogP contribution in [-0.2, 0) is 0 Å². The Morgan fingerprint density at radius 2 is 2.08 bits per heavy atom. The van der Waals surface area contributed by atoms with E-state index < -0.39 is 6.04 Å². The predicted molar refractivity (Wildman–Crippen MR) is 50.8 cm³/mol. The minimum absolute atomic E-state index is 0. The van der Waals surface area contributed by atoms with Gasteiger partial charge in [-0.25, -0.2) is 4.39 Å². The third-order valence-corrected chi connectivity index (χ3v) is 1.62. The zero-order valence-corrected chi connectivity index (χ0v) is 7.72. The molecule has 4 heteroatoms. The minimum atomic E-state index is -0.517. The van der Waals surface area contributed by atoms with Crippen LogP contribution in [0, 0.1) is 17.1 Å². The molecule has 0 heterocycles. The Morgan fingerprint density at radius 3 is 2.62 bits per heavy atom. The fourth-order valence-electron chi connectivity index (χ4n) is 0.984. The fourth-order valence-corrected chi connectivity index (χ4v) is 0.984. The third kappa shape index (κ3) is 3.02. The van der Waals surface area contributed by atoms with Crippen LogP contribution >= 0.6 is 12.4 Å². The summed E-state index contributed by atoms with van der Waals surface area (Å²) in [5.41, 5.74) is 5.95. The molecule has 0 fully saturated rings. The van der Waals surface area contributed by atoms with Crippen molar-refractivity contribution in [3.8, 4) is 6.07 Å². The summed E-state index contributed by atoms with van der Waals surface area (Å²) >= 11 is 0. The maximum absolute atomic E-state index is 13.0. The largest absolute Gasteiger partial charge is 0.323 e. The molecule has 0 aliphatic carbocycles. The summed E-state index contributed by atoms with van der Waals surface area (Å²) < 4.78 is 13.0. The van der Waals surface area contributed by atoms with Gasteiger partial charge in [-0.2, -0.15) is 5.26 Å². The molecule has 0 spiro atoms. The van der Waals surface area contributed by atoms with E-state index in [2.05, 4.69) is 0 Å². The monoisotopic (exact) mass is 200 g/mol. The molecule has 2 nitrogen and oxygen atoms in total. The molecule has 0 aromatic heterocycles. The van der Waals surface area contributed by atoms with Crippen molar-refractivity contribution in [2.75, 3.05) is 0 Å². The number of nitrogens with two attached hydrogens (primary N) is 1. The van der Waals surface area contributed by atoms with Crippen LogP contribution in [0.25, 0.3) is 0 Å². The highest BCUT2D eigenvalue weighted by atomic mass is 35.5. The van der Waals surface area contributed by atoms with Crippen molar-refractivity contribution < 1.29 is 4.39 Å². The second kappa shape index (κ2) is 5.52. The Labute approximate surface area is 82.6 Å². The lowest BCUT2D eigenvalue weighted by Crippen LogP contribution is -2.10. The molecule has 1 aromatic rings. The first-order chi connectivity index (χ1) is 5.75. The molecule has 2 N–H and O–H groups in total. The number of nitriles is 1. The quantitative estimate of drug-likeness (QED) is 0.796. The zero-order chi connectivity index (χ0) is 8.97. The summed E-state index contributed by atoms with van der Waals surface area (Å²) in [5, 5.41) is 8.34. The van der Waals surface area contributed by atoms with Crippen molar-refractivity contribution in [3.63, 3.8) is 0 Å². The Balaban J connectivity index is 0.00000144. The van der Waals surface area contributed by atoms with Crippen molar-refractivity contribution in [1.82, 2.24) is 0 Å². The van der Waals surface area contributed by atoms with Gasteiger partial charge in [-0.3, -0.25) is 0 Å². The van der Waals surface area contributed by atoms with Gasteiger partial charge in [0.25, 0.3) is 0 Å². The number of nitrogens with zero attached hydrogens (tertiary/aromatic N) is 1. The number of rotatable bonds is 2. The number of hydrogen-bond acceptors (Lipinski definition) is 2. The van der Waals surface area contributed by atoms with Crippen LogP contribution in [0.15, 0.2) is 24.3 Å². The van der Waals surface area contributed by atoms with E-state index in [1.165, 1.54) is 6.07 Å². The van der Waals surface area contributed by atoms with Gasteiger partial charge in [0, 0.05) is 11.6 Å². The Hall–Kier alpha value is -1.11. The van der Waals surface area contributed by atoms with Gasteiger partial charge in [0.05, 0.1) is 12.5 Å². The number of halogens is 2. The molecule has 1 atom stereocenters. The lowest BCUT2D eigenvalue weighted by atomic mass is 10.1. The predicted octanol–water partition coefficient (Wildman–Crippen LogP) is 2.16. The van der Waals surface area contributed by atoms with Gasteiger partial charge in [-0.05, 0) is 6.07 Å². The van der Waals surface area contributed by atoms with Gasteiger partial charge in [0.1, 0.15) is 5.82 Å². The first kappa shape index (κ1) is 11.9. The first-order valence-corrected chi connectivity index (χ1v) is 3.62. The highest BCUT2D eigenvalue weighted by molar-refractivity contribution is 5.85. The number of benzene rings is 1. The molecule has 0 amide bonds. The standard InChI is InChI=1S/C9H9FN2.ClH/c10-8-4-2-1-3-7(8)9(12)5-6-11;/h1-4,9H,5,12H2;1H/t9-;/m0./s1. The summed E-state index contributed by atoms with van der Waals surface area (Å²) in [6.45, 7) is 0. The Morgan fingerprint density at radius 1 is 1.46 bits per heavy atom. The van der Waals surface area contributed by atoms with Crippen molar-refractivity contribution >= 4 is 12.4 Å². The van der Waals surface area contributed by atoms with Crippen molar-refractivity contribution in [3.05, 3.63) is 35.6 Å². The minimum Gasteiger partial charge on any atom is -0.323 e. The lowest BCUT2D eigenvalue weighted by Gasteiger charge is -2.07. The summed E-state index contributed by atoms with van der Waals surface area (Å²) in [4.78, 5) is 0. The van der Waals surface area contributed by atoms with Gasteiger partial charge in [-0.1, -0.05) is 18.2 Å². The molecule has 0 unspecified atom stereocenters. The molecule has 70 valence electrons. The zero-order valence-electron chi connectivity index (χ0n) is 6.90. The topological polar surface area (TPSA) is 49.8 Å².